The molecule has 0 rings (SSSR count). The van der Waals surface area contributed by atoms with Gasteiger partial charge in [0.1, 0.15) is 6.10 Å². The van der Waals surface area contributed by atoms with E-state index in [1.54, 1.807) is 0 Å². The Hall–Kier alpha value is -2.96. The first kappa shape index (κ1) is 62.0. The third-order valence-corrected chi connectivity index (χ3v) is 12.1. The van der Waals surface area contributed by atoms with Crippen molar-refractivity contribution in [1.29, 1.82) is 0 Å². The molecule has 0 saturated heterocycles. The molecule has 1 amide bonds. The van der Waals surface area contributed by atoms with Crippen molar-refractivity contribution < 1.29 is 24.5 Å². The number of carbonyl (C=O) groups excluding carboxylic acids is 2. The molecule has 0 saturated carbocycles. The highest BCUT2D eigenvalue weighted by Gasteiger charge is 2.24. The largest absolute Gasteiger partial charge is 0.462 e. The molecule has 0 aromatic carbocycles. The van der Waals surface area contributed by atoms with E-state index in [0.29, 0.717) is 19.3 Å². The summed E-state index contributed by atoms with van der Waals surface area (Å²) in [6.45, 7) is 6.33. The fourth-order valence-corrected chi connectivity index (χ4v) is 7.97. The summed E-state index contributed by atoms with van der Waals surface area (Å²) >= 11 is 0. The van der Waals surface area contributed by atoms with Gasteiger partial charge in [0.05, 0.1) is 25.2 Å². The van der Waals surface area contributed by atoms with Gasteiger partial charge in [-0.1, -0.05) is 254 Å². The van der Waals surface area contributed by atoms with Crippen LogP contribution in [0.15, 0.2) is 85.1 Å². The Morgan fingerprint density at radius 2 is 0.831 bits per heavy atom. The van der Waals surface area contributed by atoms with E-state index < -0.39 is 18.2 Å². The summed E-state index contributed by atoms with van der Waals surface area (Å²) in [6.07, 6.45) is 67.8. The van der Waals surface area contributed by atoms with Gasteiger partial charge in [-0.05, 0) is 70.6 Å². The Morgan fingerprint density at radius 3 is 1.29 bits per heavy atom. The number of allylic oxidation sites excluding steroid dienone is 14. The number of nitrogens with one attached hydrogen (secondary N) is 1. The SMILES string of the molecule is CC/C=C/C=C/C=C\C=C/C=C/CCCCCC(=O)OC(CCCCC/C=C/C=C/CCCCCCCCC)CC(=O)NC(CO)C(O)CCCCCCCCCCCCCCCCC. The smallest absolute Gasteiger partial charge is 0.306 e. The van der Waals surface area contributed by atoms with Crippen LogP contribution in [0.2, 0.25) is 0 Å². The first-order valence-corrected chi connectivity index (χ1v) is 27.4. The van der Waals surface area contributed by atoms with Crippen molar-refractivity contribution in [2.45, 2.75) is 270 Å². The lowest BCUT2D eigenvalue weighted by Crippen LogP contribution is -2.46. The van der Waals surface area contributed by atoms with E-state index in [9.17, 15) is 19.8 Å². The molecule has 0 radical (unpaired) electrons. The number of carbonyl (C=O) groups is 2. The van der Waals surface area contributed by atoms with Crippen molar-refractivity contribution in [1.82, 2.24) is 5.32 Å². The van der Waals surface area contributed by atoms with Gasteiger partial charge in [-0.25, -0.2) is 0 Å². The highest BCUT2D eigenvalue weighted by atomic mass is 16.5. The second kappa shape index (κ2) is 52.0. The minimum atomic E-state index is -0.807. The first-order valence-electron chi connectivity index (χ1n) is 27.4. The molecule has 3 N–H and O–H groups in total. The predicted octanol–water partition coefficient (Wildman–Crippen LogP) is 16.7. The van der Waals surface area contributed by atoms with E-state index in [1.165, 1.54) is 122 Å². The molecule has 374 valence electrons. The van der Waals surface area contributed by atoms with Crippen molar-refractivity contribution in [3.63, 3.8) is 0 Å². The van der Waals surface area contributed by atoms with E-state index in [2.05, 4.69) is 68.6 Å². The van der Waals surface area contributed by atoms with Gasteiger partial charge in [0.25, 0.3) is 0 Å². The van der Waals surface area contributed by atoms with Crippen LogP contribution in [-0.4, -0.2) is 46.9 Å². The fourth-order valence-electron chi connectivity index (χ4n) is 7.97. The number of hydrogen-bond acceptors (Lipinski definition) is 5. The Labute approximate surface area is 402 Å². The van der Waals surface area contributed by atoms with E-state index in [4.69, 9.17) is 4.74 Å². The first-order chi connectivity index (χ1) is 32.0. The summed E-state index contributed by atoms with van der Waals surface area (Å²) in [5.74, 6) is -0.550. The maximum atomic E-state index is 13.2. The Bertz CT molecular complexity index is 1250. The van der Waals surface area contributed by atoms with Gasteiger partial charge in [-0.2, -0.15) is 0 Å². The minimum absolute atomic E-state index is 0.0387. The van der Waals surface area contributed by atoms with Gasteiger partial charge in [-0.15, -0.1) is 0 Å². The molecule has 3 atom stereocenters. The molecule has 6 nitrogen and oxygen atoms in total. The average molecular weight is 906 g/mol. The number of aliphatic hydroxyl groups excluding tert-OH is 2. The molecule has 3 unspecified atom stereocenters. The van der Waals surface area contributed by atoms with Crippen LogP contribution >= 0.6 is 0 Å². The summed E-state index contributed by atoms with van der Waals surface area (Å²) in [5.41, 5.74) is 0. The number of aliphatic hydroxyl groups is 2. The zero-order valence-corrected chi connectivity index (χ0v) is 42.6. The van der Waals surface area contributed by atoms with Crippen LogP contribution in [0.5, 0.6) is 0 Å². The molecule has 0 aliphatic rings. The average Bonchev–Trinajstić information content (AvgIpc) is 3.30. The number of unbranched alkanes of at least 4 members (excludes halogenated alkanes) is 27. The molecule has 65 heavy (non-hydrogen) atoms. The molecule has 0 aliphatic carbocycles. The molecule has 0 fully saturated rings. The lowest BCUT2D eigenvalue weighted by atomic mass is 10.0. The predicted molar refractivity (Wildman–Crippen MR) is 282 cm³/mol. The molecule has 0 aromatic heterocycles. The van der Waals surface area contributed by atoms with Gasteiger partial charge < -0.3 is 20.3 Å². The van der Waals surface area contributed by atoms with E-state index in [-0.39, 0.29) is 24.9 Å². The molecule has 0 bridgehead atoms. The van der Waals surface area contributed by atoms with Gasteiger partial charge >= 0.3 is 5.97 Å². The van der Waals surface area contributed by atoms with E-state index in [0.717, 1.165) is 83.5 Å². The molecule has 6 heteroatoms. The van der Waals surface area contributed by atoms with Crippen LogP contribution in [0.3, 0.4) is 0 Å². The van der Waals surface area contributed by atoms with Crippen LogP contribution in [0.4, 0.5) is 0 Å². The number of hydrogen-bond donors (Lipinski definition) is 3. The number of rotatable bonds is 48. The topological polar surface area (TPSA) is 95.9 Å². The quantitative estimate of drug-likeness (QED) is 0.0321. The lowest BCUT2D eigenvalue weighted by molar-refractivity contribution is -0.151. The summed E-state index contributed by atoms with van der Waals surface area (Å²) in [6, 6.07) is -0.724. The second-order valence-corrected chi connectivity index (χ2v) is 18.4. The van der Waals surface area contributed by atoms with Crippen molar-refractivity contribution in [2.24, 2.45) is 0 Å². The van der Waals surface area contributed by atoms with Crippen LogP contribution in [0, 0.1) is 0 Å². The third-order valence-electron chi connectivity index (χ3n) is 12.1. The standard InChI is InChI=1S/C59H103NO5/c1-4-7-10-13-16-19-22-25-28-31-32-35-38-41-44-47-50-55(65-59(64)52-49-46-43-40-37-34-30-27-24-21-18-15-12-9-6-3)53-58(63)60-56(54-61)57(62)51-48-45-42-39-36-33-29-26-23-20-17-14-11-8-5-2/h9,12,15,18,21,24,27-28,30-32,34-35,37,55-57,61-62H,4-8,10-11,13-14,16-17,19-20,22-23,25-26,29,33,36,38-54H2,1-3H3,(H,60,63)/b12-9+,18-15+,24-21-,30-27-,31-28+,35-32+,37-34+. The molecule has 0 aromatic rings. The highest BCUT2D eigenvalue weighted by Crippen LogP contribution is 2.17. The van der Waals surface area contributed by atoms with Crippen LogP contribution < -0.4 is 5.32 Å². The van der Waals surface area contributed by atoms with Crippen LogP contribution in [0.25, 0.3) is 0 Å². The van der Waals surface area contributed by atoms with Crippen molar-refractivity contribution in [2.75, 3.05) is 6.61 Å². The number of ether oxygens (including phenoxy) is 1. The summed E-state index contributed by atoms with van der Waals surface area (Å²) in [4.78, 5) is 26.2. The summed E-state index contributed by atoms with van der Waals surface area (Å²) < 4.78 is 5.91. The van der Waals surface area contributed by atoms with Gasteiger partial charge in [-0.3, -0.25) is 9.59 Å². The molecular formula is C59H103NO5. The second-order valence-electron chi connectivity index (χ2n) is 18.4. The normalized spacial score (nSPS) is 13.9. The monoisotopic (exact) mass is 906 g/mol. The lowest BCUT2D eigenvalue weighted by Gasteiger charge is -2.24. The molecule has 0 aliphatic heterocycles. The fraction of sp³-hybridized carbons (Fsp3) is 0.729. The maximum Gasteiger partial charge on any atom is 0.306 e. The Balaban J connectivity index is 4.70. The van der Waals surface area contributed by atoms with Crippen LogP contribution in [0.1, 0.15) is 252 Å². The highest BCUT2D eigenvalue weighted by molar-refractivity contribution is 5.77. The van der Waals surface area contributed by atoms with Crippen molar-refractivity contribution in [3.8, 4) is 0 Å². The third kappa shape index (κ3) is 47.3. The number of esters is 1. The van der Waals surface area contributed by atoms with Crippen molar-refractivity contribution >= 4 is 11.9 Å². The van der Waals surface area contributed by atoms with Gasteiger partial charge in [0.2, 0.25) is 5.91 Å². The maximum absolute atomic E-state index is 13.2. The Kier molecular flexibility index (Phi) is 49.6. The summed E-state index contributed by atoms with van der Waals surface area (Å²) in [7, 11) is 0. The zero-order valence-electron chi connectivity index (χ0n) is 42.6. The Morgan fingerprint density at radius 1 is 0.462 bits per heavy atom. The minimum Gasteiger partial charge on any atom is -0.462 e. The summed E-state index contributed by atoms with van der Waals surface area (Å²) in [5, 5.41) is 23.8. The number of amides is 1. The van der Waals surface area contributed by atoms with Crippen molar-refractivity contribution in [3.05, 3.63) is 85.1 Å². The molecule has 0 heterocycles. The van der Waals surface area contributed by atoms with E-state index in [1.807, 2.05) is 42.5 Å². The van der Waals surface area contributed by atoms with Crippen LogP contribution in [-0.2, 0) is 14.3 Å². The van der Waals surface area contributed by atoms with Gasteiger partial charge in [0.15, 0.2) is 0 Å². The van der Waals surface area contributed by atoms with Gasteiger partial charge in [0, 0.05) is 6.42 Å². The molecular weight excluding hydrogens is 803 g/mol. The zero-order chi connectivity index (χ0) is 47.4. The molecule has 0 spiro atoms. The van der Waals surface area contributed by atoms with E-state index >= 15 is 0 Å².